The summed E-state index contributed by atoms with van der Waals surface area (Å²) in [6.45, 7) is 5.78. The molecule has 0 bridgehead atoms. The summed E-state index contributed by atoms with van der Waals surface area (Å²) < 4.78 is 2.25. The van der Waals surface area contributed by atoms with Gasteiger partial charge in [0.2, 0.25) is 5.91 Å². The maximum absolute atomic E-state index is 12.7. The molecule has 1 fully saturated rings. The van der Waals surface area contributed by atoms with Gasteiger partial charge in [-0.2, -0.15) is 0 Å². The quantitative estimate of drug-likeness (QED) is 0.789. The Morgan fingerprint density at radius 1 is 1.17 bits per heavy atom. The fraction of sp³-hybridized carbons (Fsp3) is 0.450. The van der Waals surface area contributed by atoms with Gasteiger partial charge in [-0.15, -0.1) is 0 Å². The molecule has 122 valence electrons. The van der Waals surface area contributed by atoms with E-state index in [1.54, 1.807) is 0 Å². The van der Waals surface area contributed by atoms with Gasteiger partial charge in [-0.3, -0.25) is 4.79 Å². The molecule has 1 aliphatic carbocycles. The first-order chi connectivity index (χ1) is 11.1. The number of hydrogen-bond acceptors (Lipinski definition) is 1. The first kappa shape index (κ1) is 15.9. The van der Waals surface area contributed by atoms with Gasteiger partial charge in [-0.1, -0.05) is 36.8 Å². The monoisotopic (exact) mass is 310 g/mol. The number of nitrogens with zero attached hydrogens (tertiary/aromatic N) is 2. The molecule has 1 aliphatic rings. The second-order valence-electron chi connectivity index (χ2n) is 6.80. The lowest BCUT2D eigenvalue weighted by Gasteiger charge is -2.34. The molecule has 0 saturated heterocycles. The van der Waals surface area contributed by atoms with Crippen LogP contribution >= 0.6 is 0 Å². The Hall–Kier alpha value is -2.03. The standard InChI is InChI=1S/C20H26N2O/c1-16(2)22(20(23)18-10-6-11-18)15-19-12-7-13-21(19)14-17-8-4-3-5-9-17/h3-5,7-9,12-13,16,18H,6,10-11,14-15H2,1-2H3. The Bertz CT molecular complexity index is 641. The van der Waals surface area contributed by atoms with Crippen molar-refractivity contribution < 1.29 is 4.79 Å². The van der Waals surface area contributed by atoms with Crippen molar-refractivity contribution >= 4 is 5.91 Å². The lowest BCUT2D eigenvalue weighted by Crippen LogP contribution is -2.42. The van der Waals surface area contributed by atoms with Crippen molar-refractivity contribution in [2.24, 2.45) is 5.92 Å². The van der Waals surface area contributed by atoms with Crippen LogP contribution < -0.4 is 0 Å². The van der Waals surface area contributed by atoms with Crippen molar-refractivity contribution in [1.29, 1.82) is 0 Å². The minimum absolute atomic E-state index is 0.239. The number of rotatable bonds is 6. The van der Waals surface area contributed by atoms with Crippen LogP contribution in [0.3, 0.4) is 0 Å². The Kier molecular flexibility index (Phi) is 4.85. The highest BCUT2D eigenvalue weighted by atomic mass is 16.2. The van der Waals surface area contributed by atoms with Gasteiger partial charge >= 0.3 is 0 Å². The van der Waals surface area contributed by atoms with Gasteiger partial charge in [0.1, 0.15) is 0 Å². The summed E-state index contributed by atoms with van der Waals surface area (Å²) >= 11 is 0. The smallest absolute Gasteiger partial charge is 0.226 e. The van der Waals surface area contributed by atoms with Crippen LogP contribution in [0.5, 0.6) is 0 Å². The Balaban J connectivity index is 1.73. The van der Waals surface area contributed by atoms with Crippen LogP contribution in [-0.4, -0.2) is 21.4 Å². The predicted molar refractivity (Wildman–Crippen MR) is 93.0 cm³/mol. The van der Waals surface area contributed by atoms with E-state index in [1.807, 2.05) is 11.0 Å². The van der Waals surface area contributed by atoms with Gasteiger partial charge in [-0.25, -0.2) is 0 Å². The van der Waals surface area contributed by atoms with E-state index < -0.39 is 0 Å². The molecule has 23 heavy (non-hydrogen) atoms. The predicted octanol–water partition coefficient (Wildman–Crippen LogP) is 4.07. The third-order valence-electron chi connectivity index (χ3n) is 4.81. The number of carbonyl (C=O) groups excluding carboxylic acids is 1. The summed E-state index contributed by atoms with van der Waals surface area (Å²) in [5, 5.41) is 0. The molecular weight excluding hydrogens is 284 g/mol. The van der Waals surface area contributed by atoms with Crippen LogP contribution in [0.1, 0.15) is 44.4 Å². The molecule has 3 heteroatoms. The van der Waals surface area contributed by atoms with Crippen LogP contribution in [-0.2, 0) is 17.9 Å². The Labute approximate surface area is 138 Å². The fourth-order valence-electron chi connectivity index (χ4n) is 3.11. The van der Waals surface area contributed by atoms with Crippen LogP contribution in [0.25, 0.3) is 0 Å². The first-order valence-electron chi connectivity index (χ1n) is 8.63. The summed E-state index contributed by atoms with van der Waals surface area (Å²) in [6.07, 6.45) is 5.43. The average Bonchev–Trinajstić information content (AvgIpc) is 2.90. The van der Waals surface area contributed by atoms with Gasteiger partial charge in [-0.05, 0) is 44.4 Å². The third-order valence-corrected chi connectivity index (χ3v) is 4.81. The van der Waals surface area contributed by atoms with Crippen molar-refractivity contribution in [2.45, 2.75) is 52.2 Å². The normalized spacial score (nSPS) is 14.7. The van der Waals surface area contributed by atoms with Gasteiger partial charge in [0, 0.05) is 30.4 Å². The zero-order valence-corrected chi connectivity index (χ0v) is 14.1. The molecule has 0 atom stereocenters. The molecule has 1 aromatic carbocycles. The molecule has 0 spiro atoms. The molecule has 0 unspecified atom stereocenters. The highest BCUT2D eigenvalue weighted by Crippen LogP contribution is 2.29. The average molecular weight is 310 g/mol. The second kappa shape index (κ2) is 7.03. The second-order valence-corrected chi connectivity index (χ2v) is 6.80. The van der Waals surface area contributed by atoms with E-state index in [4.69, 9.17) is 0 Å². The number of hydrogen-bond donors (Lipinski definition) is 0. The molecule has 1 heterocycles. The minimum Gasteiger partial charge on any atom is -0.345 e. The largest absolute Gasteiger partial charge is 0.345 e. The fourth-order valence-corrected chi connectivity index (χ4v) is 3.11. The third kappa shape index (κ3) is 3.66. The lowest BCUT2D eigenvalue weighted by atomic mass is 9.84. The number of amides is 1. The van der Waals surface area contributed by atoms with Crippen molar-refractivity contribution in [3.8, 4) is 0 Å². The Morgan fingerprint density at radius 3 is 2.52 bits per heavy atom. The van der Waals surface area contributed by atoms with Crippen molar-refractivity contribution in [3.05, 3.63) is 59.9 Å². The zero-order chi connectivity index (χ0) is 16.2. The molecule has 1 saturated carbocycles. The summed E-state index contributed by atoms with van der Waals surface area (Å²) in [5.41, 5.74) is 2.49. The van der Waals surface area contributed by atoms with Crippen molar-refractivity contribution in [1.82, 2.24) is 9.47 Å². The van der Waals surface area contributed by atoms with E-state index in [9.17, 15) is 4.79 Å². The van der Waals surface area contributed by atoms with E-state index in [-0.39, 0.29) is 12.0 Å². The van der Waals surface area contributed by atoms with E-state index in [0.29, 0.717) is 12.5 Å². The molecule has 1 aromatic heterocycles. The molecule has 0 aliphatic heterocycles. The van der Waals surface area contributed by atoms with E-state index >= 15 is 0 Å². The maximum atomic E-state index is 12.7. The number of aromatic nitrogens is 1. The summed E-state index contributed by atoms with van der Waals surface area (Å²) in [6, 6.07) is 14.9. The highest BCUT2D eigenvalue weighted by Gasteiger charge is 2.30. The minimum atomic E-state index is 0.239. The number of benzene rings is 1. The molecular formula is C20H26N2O. The van der Waals surface area contributed by atoms with Crippen LogP contribution in [0.4, 0.5) is 0 Å². The summed E-state index contributed by atoms with van der Waals surface area (Å²) in [5.74, 6) is 0.591. The van der Waals surface area contributed by atoms with Gasteiger partial charge in [0.15, 0.2) is 0 Å². The highest BCUT2D eigenvalue weighted by molar-refractivity contribution is 5.79. The van der Waals surface area contributed by atoms with Crippen molar-refractivity contribution in [2.75, 3.05) is 0 Å². The van der Waals surface area contributed by atoms with Gasteiger partial charge in [0.05, 0.1) is 6.54 Å². The van der Waals surface area contributed by atoms with Crippen LogP contribution in [0.2, 0.25) is 0 Å². The van der Waals surface area contributed by atoms with Crippen molar-refractivity contribution in [3.63, 3.8) is 0 Å². The summed E-state index contributed by atoms with van der Waals surface area (Å²) in [4.78, 5) is 14.7. The molecule has 1 amide bonds. The Morgan fingerprint density at radius 2 is 1.91 bits per heavy atom. The van der Waals surface area contributed by atoms with Gasteiger partial charge in [0.25, 0.3) is 0 Å². The SMILES string of the molecule is CC(C)N(Cc1cccn1Cc1ccccc1)C(=O)C1CCC1. The molecule has 0 radical (unpaired) electrons. The van der Waals surface area contributed by atoms with E-state index in [2.05, 4.69) is 61.0 Å². The summed E-state index contributed by atoms with van der Waals surface area (Å²) in [7, 11) is 0. The zero-order valence-electron chi connectivity index (χ0n) is 14.1. The lowest BCUT2D eigenvalue weighted by molar-refractivity contribution is -0.140. The van der Waals surface area contributed by atoms with E-state index in [1.165, 1.54) is 17.7 Å². The maximum Gasteiger partial charge on any atom is 0.226 e. The molecule has 2 aromatic rings. The molecule has 3 rings (SSSR count). The topological polar surface area (TPSA) is 25.2 Å². The van der Waals surface area contributed by atoms with Gasteiger partial charge < -0.3 is 9.47 Å². The molecule has 0 N–H and O–H groups in total. The van der Waals surface area contributed by atoms with Crippen LogP contribution in [0, 0.1) is 5.92 Å². The van der Waals surface area contributed by atoms with E-state index in [0.717, 1.165) is 19.4 Å². The number of carbonyl (C=O) groups is 1. The first-order valence-corrected chi connectivity index (χ1v) is 8.63. The molecule has 3 nitrogen and oxygen atoms in total. The van der Waals surface area contributed by atoms with Crippen LogP contribution in [0.15, 0.2) is 48.7 Å².